The number of aryl methyl sites for hydroxylation is 2. The predicted molar refractivity (Wildman–Crippen MR) is 123 cm³/mol. The van der Waals surface area contributed by atoms with Crippen LogP contribution in [0.4, 0.5) is 18.9 Å². The van der Waals surface area contributed by atoms with Gasteiger partial charge in [-0.2, -0.15) is 10.2 Å². The maximum atomic E-state index is 14.5. The molecule has 0 N–H and O–H groups in total. The van der Waals surface area contributed by atoms with Crippen molar-refractivity contribution < 1.29 is 13.2 Å². The minimum Gasteiger partial charge on any atom is -0.276 e. The Morgan fingerprint density at radius 2 is 1.69 bits per heavy atom. The normalized spacial score (nSPS) is 12.1. The summed E-state index contributed by atoms with van der Waals surface area (Å²) in [6.07, 6.45) is 4.48. The minimum atomic E-state index is -1.34. The first kappa shape index (κ1) is 23.5. The summed E-state index contributed by atoms with van der Waals surface area (Å²) in [6, 6.07) is 4.39. The van der Waals surface area contributed by atoms with Crippen molar-refractivity contribution in [1.82, 2.24) is 38.7 Å². The van der Waals surface area contributed by atoms with Gasteiger partial charge in [-0.3, -0.25) is 18.5 Å². The van der Waals surface area contributed by atoms with Crippen molar-refractivity contribution >= 4 is 28.2 Å². The fourth-order valence-corrected chi connectivity index (χ4v) is 3.83. The topological polar surface area (TPSA) is 101 Å². The summed E-state index contributed by atoms with van der Waals surface area (Å²) in [6.45, 7) is -0.507. The van der Waals surface area contributed by atoms with Gasteiger partial charge < -0.3 is 0 Å². The van der Waals surface area contributed by atoms with Gasteiger partial charge in [0.1, 0.15) is 18.5 Å². The molecule has 0 saturated heterocycles. The van der Waals surface area contributed by atoms with Gasteiger partial charge in [-0.15, -0.1) is 0 Å². The number of hydrogen-bond acceptors (Lipinski definition) is 6. The van der Waals surface area contributed by atoms with Crippen molar-refractivity contribution in [2.24, 2.45) is 19.1 Å². The fourth-order valence-electron chi connectivity index (χ4n) is 3.63. The largest absolute Gasteiger partial charge is 0.332 e. The molecule has 184 valence electrons. The predicted octanol–water partition coefficient (Wildman–Crippen LogP) is 2.46. The Bertz CT molecular complexity index is 1750. The third-order valence-corrected chi connectivity index (χ3v) is 5.62. The van der Waals surface area contributed by atoms with Gasteiger partial charge >= 0.3 is 5.69 Å². The van der Waals surface area contributed by atoms with Crippen molar-refractivity contribution in [3.8, 4) is 0 Å². The van der Waals surface area contributed by atoms with Crippen LogP contribution >= 0.6 is 11.6 Å². The number of hydrogen-bond donors (Lipinski definition) is 0. The Morgan fingerprint density at radius 3 is 2.44 bits per heavy atom. The molecule has 0 spiro atoms. The molecule has 0 saturated carbocycles. The second kappa shape index (κ2) is 9.07. The van der Waals surface area contributed by atoms with Gasteiger partial charge in [0, 0.05) is 37.3 Å². The molecule has 0 fully saturated rings. The van der Waals surface area contributed by atoms with Crippen molar-refractivity contribution in [2.45, 2.75) is 13.1 Å². The number of halogens is 4. The Morgan fingerprint density at radius 1 is 0.917 bits per heavy atom. The zero-order valence-electron chi connectivity index (χ0n) is 18.9. The number of benzene rings is 2. The van der Waals surface area contributed by atoms with Gasteiger partial charge in [0.15, 0.2) is 17.5 Å². The summed E-state index contributed by atoms with van der Waals surface area (Å²) < 4.78 is 47.1. The fraction of sp³-hybridized carbons (Fsp3) is 0.182. The van der Waals surface area contributed by atoms with Crippen LogP contribution < -0.4 is 11.3 Å². The summed E-state index contributed by atoms with van der Waals surface area (Å²) in [5.74, 6) is -3.28. The molecule has 5 rings (SSSR count). The second-order valence-corrected chi connectivity index (χ2v) is 8.42. The first-order valence-electron chi connectivity index (χ1n) is 10.5. The van der Waals surface area contributed by atoms with Crippen LogP contribution in [0.15, 0.2) is 52.9 Å². The quantitative estimate of drug-likeness (QED) is 0.335. The SMILES string of the molecule is Cn1cnc(Cn2cnc(=Nc3cc4cn(C)nc4cc3Cl)n(Cc3cc(F)c(F)cc3F)c2=O)n1. The molecule has 0 bridgehead atoms. The summed E-state index contributed by atoms with van der Waals surface area (Å²) in [5.41, 5.74) is -0.118. The summed E-state index contributed by atoms with van der Waals surface area (Å²) in [7, 11) is 3.43. The molecule has 0 amide bonds. The van der Waals surface area contributed by atoms with Crippen LogP contribution in [-0.4, -0.2) is 38.7 Å². The van der Waals surface area contributed by atoms with Crippen LogP contribution in [0, 0.1) is 17.5 Å². The molecule has 0 radical (unpaired) electrons. The number of fused-ring (bicyclic) bond motifs is 1. The zero-order valence-corrected chi connectivity index (χ0v) is 19.7. The van der Waals surface area contributed by atoms with Gasteiger partial charge in [0.05, 0.1) is 29.3 Å². The van der Waals surface area contributed by atoms with Crippen molar-refractivity contribution in [2.75, 3.05) is 0 Å². The summed E-state index contributed by atoms with van der Waals surface area (Å²) in [4.78, 5) is 26.2. The molecular weight excluding hydrogens is 499 g/mol. The van der Waals surface area contributed by atoms with E-state index in [1.165, 1.54) is 21.9 Å². The highest BCUT2D eigenvalue weighted by atomic mass is 35.5. The lowest BCUT2D eigenvalue weighted by Crippen LogP contribution is -2.42. The molecule has 3 aromatic heterocycles. The van der Waals surface area contributed by atoms with E-state index >= 15 is 0 Å². The van der Waals surface area contributed by atoms with Crippen LogP contribution in [0.1, 0.15) is 11.4 Å². The van der Waals surface area contributed by atoms with E-state index in [4.69, 9.17) is 11.6 Å². The highest BCUT2D eigenvalue weighted by Gasteiger charge is 2.15. The molecule has 36 heavy (non-hydrogen) atoms. The van der Waals surface area contributed by atoms with Crippen LogP contribution in [-0.2, 0) is 27.2 Å². The van der Waals surface area contributed by atoms with Gasteiger partial charge in [-0.1, -0.05) is 11.6 Å². The monoisotopic (exact) mass is 515 g/mol. The second-order valence-electron chi connectivity index (χ2n) is 8.01. The molecule has 0 aliphatic rings. The first-order chi connectivity index (χ1) is 17.2. The van der Waals surface area contributed by atoms with E-state index in [0.717, 1.165) is 9.95 Å². The third kappa shape index (κ3) is 4.52. The number of aromatic nitrogens is 8. The zero-order chi connectivity index (χ0) is 25.6. The molecule has 0 aliphatic heterocycles. The molecular formula is C22H17ClF3N9O. The highest BCUT2D eigenvalue weighted by molar-refractivity contribution is 6.33. The van der Waals surface area contributed by atoms with E-state index in [0.29, 0.717) is 23.5 Å². The maximum absolute atomic E-state index is 14.5. The van der Waals surface area contributed by atoms with Gasteiger partial charge in [0.2, 0.25) is 5.62 Å². The lowest BCUT2D eigenvalue weighted by Gasteiger charge is -2.11. The van der Waals surface area contributed by atoms with Crippen LogP contribution in [0.25, 0.3) is 10.9 Å². The van der Waals surface area contributed by atoms with E-state index < -0.39 is 29.7 Å². The van der Waals surface area contributed by atoms with Crippen molar-refractivity contribution in [3.05, 3.63) is 93.1 Å². The van der Waals surface area contributed by atoms with E-state index in [2.05, 4.69) is 25.2 Å². The molecule has 10 nitrogen and oxygen atoms in total. The smallest absolute Gasteiger partial charge is 0.276 e. The van der Waals surface area contributed by atoms with Crippen LogP contribution in [0.3, 0.4) is 0 Å². The summed E-state index contributed by atoms with van der Waals surface area (Å²) >= 11 is 6.39. The first-order valence-corrected chi connectivity index (χ1v) is 10.9. The van der Waals surface area contributed by atoms with E-state index in [1.807, 2.05) is 0 Å². The molecule has 0 atom stereocenters. The van der Waals surface area contributed by atoms with Crippen LogP contribution in [0.5, 0.6) is 0 Å². The molecule has 0 aliphatic carbocycles. The lowest BCUT2D eigenvalue weighted by atomic mass is 10.2. The Balaban J connectivity index is 1.68. The van der Waals surface area contributed by atoms with E-state index in [-0.39, 0.29) is 28.4 Å². The standard InChI is InChI=1S/C22H17ClF3N9O/c1-32-7-13-4-19(14(23)5-18(13)30-32)29-21-28-11-34(9-20-27-10-33(2)31-20)22(36)35(21)8-12-3-16(25)17(26)6-15(12)24/h3-7,10-11H,8-9H2,1-2H3. The van der Waals surface area contributed by atoms with Crippen molar-refractivity contribution in [1.29, 1.82) is 0 Å². The highest BCUT2D eigenvalue weighted by Crippen LogP contribution is 2.29. The average Bonchev–Trinajstić information content (AvgIpc) is 3.39. The van der Waals surface area contributed by atoms with Crippen LogP contribution in [0.2, 0.25) is 5.02 Å². The molecule has 5 aromatic rings. The third-order valence-electron chi connectivity index (χ3n) is 5.32. The Labute approximate surface area is 205 Å². The van der Waals surface area contributed by atoms with Gasteiger partial charge in [0.25, 0.3) is 0 Å². The van der Waals surface area contributed by atoms with Gasteiger partial charge in [-0.25, -0.2) is 32.9 Å². The molecule has 3 heterocycles. The number of nitrogens with zero attached hydrogens (tertiary/aromatic N) is 9. The number of rotatable bonds is 5. The Kier molecular flexibility index (Phi) is 5.92. The Hall–Kier alpha value is -4.26. The van der Waals surface area contributed by atoms with Crippen molar-refractivity contribution in [3.63, 3.8) is 0 Å². The average molecular weight is 516 g/mol. The maximum Gasteiger partial charge on any atom is 0.332 e. The molecule has 0 unspecified atom stereocenters. The molecule has 2 aromatic carbocycles. The van der Waals surface area contributed by atoms with E-state index in [1.54, 1.807) is 37.1 Å². The lowest BCUT2D eigenvalue weighted by molar-refractivity contribution is 0.483. The van der Waals surface area contributed by atoms with E-state index in [9.17, 15) is 18.0 Å². The molecule has 14 heteroatoms. The minimum absolute atomic E-state index is 0.0321. The van der Waals surface area contributed by atoms with Gasteiger partial charge in [-0.05, 0) is 18.2 Å². The summed E-state index contributed by atoms with van der Waals surface area (Å²) in [5, 5.41) is 9.41.